The van der Waals surface area contributed by atoms with E-state index in [0.717, 1.165) is 18.8 Å². The minimum atomic E-state index is 0.0706. The quantitative estimate of drug-likeness (QED) is 0.694. The van der Waals surface area contributed by atoms with Gasteiger partial charge in [-0.05, 0) is 19.3 Å². The highest BCUT2D eigenvalue weighted by molar-refractivity contribution is 7.99. The number of hydrogen-bond donors (Lipinski definition) is 2. The van der Waals surface area contributed by atoms with Gasteiger partial charge in [-0.15, -0.1) is 11.8 Å². The molecular formula is C10H20N2O2S. The molecule has 1 amide bonds. The standard InChI is InChI=1S/C10H20N2O2S/c11-4-5-12-10(13)8-15-7-9-3-1-2-6-14-9/h9H,1-8,11H2,(H,12,13). The minimum Gasteiger partial charge on any atom is -0.377 e. The third-order valence-electron chi connectivity index (χ3n) is 2.28. The second kappa shape index (κ2) is 7.96. The Bertz CT molecular complexity index is 184. The second-order valence-electron chi connectivity index (χ2n) is 3.64. The van der Waals surface area contributed by atoms with Crippen LogP contribution in [0.2, 0.25) is 0 Å². The summed E-state index contributed by atoms with van der Waals surface area (Å²) in [6, 6.07) is 0. The van der Waals surface area contributed by atoms with Crippen molar-refractivity contribution >= 4 is 17.7 Å². The molecule has 1 heterocycles. The molecule has 88 valence electrons. The number of carbonyl (C=O) groups excluding carboxylic acids is 1. The molecule has 1 aliphatic heterocycles. The molecule has 0 radical (unpaired) electrons. The first-order chi connectivity index (χ1) is 7.33. The maximum atomic E-state index is 11.2. The Hall–Kier alpha value is -0.260. The van der Waals surface area contributed by atoms with E-state index in [9.17, 15) is 4.79 Å². The average molecular weight is 232 g/mol. The largest absolute Gasteiger partial charge is 0.377 e. The van der Waals surface area contributed by atoms with Gasteiger partial charge in [0.1, 0.15) is 0 Å². The monoisotopic (exact) mass is 232 g/mol. The van der Waals surface area contributed by atoms with Gasteiger partial charge in [0.25, 0.3) is 0 Å². The molecule has 1 unspecified atom stereocenters. The lowest BCUT2D eigenvalue weighted by Crippen LogP contribution is -2.31. The predicted molar refractivity (Wildman–Crippen MR) is 63.0 cm³/mol. The van der Waals surface area contributed by atoms with Crippen molar-refractivity contribution in [3.05, 3.63) is 0 Å². The summed E-state index contributed by atoms with van der Waals surface area (Å²) in [5.41, 5.74) is 5.28. The average Bonchev–Trinajstić information content (AvgIpc) is 2.28. The van der Waals surface area contributed by atoms with Gasteiger partial charge in [-0.2, -0.15) is 0 Å². The highest BCUT2D eigenvalue weighted by atomic mass is 32.2. The lowest BCUT2D eigenvalue weighted by Gasteiger charge is -2.21. The van der Waals surface area contributed by atoms with Gasteiger partial charge in [0.05, 0.1) is 11.9 Å². The van der Waals surface area contributed by atoms with Crippen LogP contribution in [0.4, 0.5) is 0 Å². The molecule has 1 fully saturated rings. The molecule has 3 N–H and O–H groups in total. The zero-order valence-electron chi connectivity index (χ0n) is 9.04. The highest BCUT2D eigenvalue weighted by Gasteiger charge is 2.13. The Labute approximate surface area is 95.3 Å². The number of rotatable bonds is 6. The topological polar surface area (TPSA) is 64.3 Å². The van der Waals surface area contributed by atoms with Gasteiger partial charge in [-0.25, -0.2) is 0 Å². The number of nitrogens with one attached hydrogen (secondary N) is 1. The predicted octanol–water partition coefficient (Wildman–Crippen LogP) is 0.364. The number of hydrogen-bond acceptors (Lipinski definition) is 4. The molecule has 0 bridgehead atoms. The van der Waals surface area contributed by atoms with Gasteiger partial charge in [0.2, 0.25) is 5.91 Å². The zero-order chi connectivity index (χ0) is 10.9. The summed E-state index contributed by atoms with van der Waals surface area (Å²) < 4.78 is 5.57. The van der Waals surface area contributed by atoms with E-state index in [-0.39, 0.29) is 5.91 Å². The first-order valence-corrected chi connectivity index (χ1v) is 6.64. The third kappa shape index (κ3) is 6.02. The van der Waals surface area contributed by atoms with Crippen molar-refractivity contribution < 1.29 is 9.53 Å². The molecule has 0 saturated carbocycles. The van der Waals surface area contributed by atoms with E-state index in [1.807, 2.05) is 0 Å². The first-order valence-electron chi connectivity index (χ1n) is 5.49. The molecular weight excluding hydrogens is 212 g/mol. The van der Waals surface area contributed by atoms with E-state index in [0.29, 0.717) is 24.9 Å². The van der Waals surface area contributed by atoms with Crippen LogP contribution in [0.3, 0.4) is 0 Å². The third-order valence-corrected chi connectivity index (χ3v) is 3.35. The summed E-state index contributed by atoms with van der Waals surface area (Å²) in [4.78, 5) is 11.2. The molecule has 15 heavy (non-hydrogen) atoms. The Kier molecular flexibility index (Phi) is 6.80. The van der Waals surface area contributed by atoms with Crippen LogP contribution in [0.25, 0.3) is 0 Å². The number of carbonyl (C=O) groups is 1. The van der Waals surface area contributed by atoms with Gasteiger partial charge >= 0.3 is 0 Å². The summed E-state index contributed by atoms with van der Waals surface area (Å²) in [5, 5.41) is 2.74. The number of ether oxygens (including phenoxy) is 1. The van der Waals surface area contributed by atoms with Crippen LogP contribution in [0.1, 0.15) is 19.3 Å². The normalized spacial score (nSPS) is 21.3. The van der Waals surface area contributed by atoms with Crippen molar-refractivity contribution in [2.24, 2.45) is 5.73 Å². The molecule has 0 aromatic carbocycles. The van der Waals surface area contributed by atoms with Gasteiger partial charge in [0.15, 0.2) is 0 Å². The molecule has 5 heteroatoms. The highest BCUT2D eigenvalue weighted by Crippen LogP contribution is 2.16. The van der Waals surface area contributed by atoms with Crippen LogP contribution in [-0.4, -0.2) is 43.2 Å². The van der Waals surface area contributed by atoms with Crippen molar-refractivity contribution in [1.82, 2.24) is 5.32 Å². The van der Waals surface area contributed by atoms with E-state index in [1.54, 1.807) is 11.8 Å². The molecule has 1 aliphatic rings. The fourth-order valence-corrected chi connectivity index (χ4v) is 2.42. The lowest BCUT2D eigenvalue weighted by molar-refractivity contribution is -0.118. The van der Waals surface area contributed by atoms with Crippen molar-refractivity contribution in [1.29, 1.82) is 0 Å². The van der Waals surface area contributed by atoms with E-state index >= 15 is 0 Å². The Balaban J connectivity index is 1.97. The van der Waals surface area contributed by atoms with Crippen molar-refractivity contribution in [3.8, 4) is 0 Å². The van der Waals surface area contributed by atoms with Crippen molar-refractivity contribution in [3.63, 3.8) is 0 Å². The molecule has 1 rings (SSSR count). The number of amides is 1. The Morgan fingerprint density at radius 1 is 1.53 bits per heavy atom. The van der Waals surface area contributed by atoms with E-state index in [1.165, 1.54) is 12.8 Å². The van der Waals surface area contributed by atoms with E-state index in [2.05, 4.69) is 5.32 Å². The SMILES string of the molecule is NCCNC(=O)CSCC1CCCCO1. The number of thioether (sulfide) groups is 1. The fourth-order valence-electron chi connectivity index (χ4n) is 1.48. The van der Waals surface area contributed by atoms with Crippen molar-refractivity contribution in [2.45, 2.75) is 25.4 Å². The molecule has 0 spiro atoms. The van der Waals surface area contributed by atoms with Crippen LogP contribution in [0.5, 0.6) is 0 Å². The van der Waals surface area contributed by atoms with Crippen molar-refractivity contribution in [2.75, 3.05) is 31.2 Å². The molecule has 0 aromatic rings. The van der Waals surface area contributed by atoms with Gasteiger partial charge in [-0.1, -0.05) is 0 Å². The van der Waals surface area contributed by atoms with E-state index < -0.39 is 0 Å². The van der Waals surface area contributed by atoms with E-state index in [4.69, 9.17) is 10.5 Å². The van der Waals surface area contributed by atoms with Crippen LogP contribution in [0.15, 0.2) is 0 Å². The Morgan fingerprint density at radius 2 is 2.40 bits per heavy atom. The maximum Gasteiger partial charge on any atom is 0.230 e. The zero-order valence-corrected chi connectivity index (χ0v) is 9.85. The molecule has 0 aliphatic carbocycles. The summed E-state index contributed by atoms with van der Waals surface area (Å²) in [6.45, 7) is 1.95. The molecule has 1 atom stereocenters. The van der Waals surface area contributed by atoms with Crippen LogP contribution in [-0.2, 0) is 9.53 Å². The summed E-state index contributed by atoms with van der Waals surface area (Å²) >= 11 is 1.64. The van der Waals surface area contributed by atoms with Gasteiger partial charge in [0, 0.05) is 25.4 Å². The molecule has 1 saturated heterocycles. The summed E-state index contributed by atoms with van der Waals surface area (Å²) in [7, 11) is 0. The minimum absolute atomic E-state index is 0.0706. The molecule has 4 nitrogen and oxygen atoms in total. The lowest BCUT2D eigenvalue weighted by atomic mass is 10.1. The summed E-state index contributed by atoms with van der Waals surface area (Å²) in [5.74, 6) is 1.51. The summed E-state index contributed by atoms with van der Waals surface area (Å²) in [6.07, 6.45) is 3.92. The second-order valence-corrected chi connectivity index (χ2v) is 4.67. The van der Waals surface area contributed by atoms with Crippen LogP contribution < -0.4 is 11.1 Å². The smallest absolute Gasteiger partial charge is 0.230 e. The maximum absolute atomic E-state index is 11.2. The van der Waals surface area contributed by atoms with Crippen LogP contribution >= 0.6 is 11.8 Å². The first kappa shape index (κ1) is 12.8. The number of nitrogens with two attached hydrogens (primary N) is 1. The Morgan fingerprint density at radius 3 is 3.07 bits per heavy atom. The molecule has 0 aromatic heterocycles. The van der Waals surface area contributed by atoms with Crippen LogP contribution in [0, 0.1) is 0 Å². The van der Waals surface area contributed by atoms with Gasteiger partial charge in [-0.3, -0.25) is 4.79 Å². The fraction of sp³-hybridized carbons (Fsp3) is 0.900. The van der Waals surface area contributed by atoms with Gasteiger partial charge < -0.3 is 15.8 Å².